The fraction of sp³-hybridized carbons (Fsp3) is 0.0870. The molecule has 174 valence electrons. The number of terminal acetylenes is 1. The number of rotatable bonds is 8. The second-order valence-electron chi connectivity index (χ2n) is 6.82. The zero-order valence-corrected chi connectivity index (χ0v) is 18.6. The van der Waals surface area contributed by atoms with Gasteiger partial charge in [-0.15, -0.1) is 11.3 Å². The molecule has 2 amide bonds. The van der Waals surface area contributed by atoms with Gasteiger partial charge in [-0.25, -0.2) is 12.8 Å². The average molecular weight is 482 g/mol. The first kappa shape index (κ1) is 24.4. The molecule has 0 saturated carbocycles. The van der Waals surface area contributed by atoms with Crippen molar-refractivity contribution in [3.63, 3.8) is 0 Å². The molecule has 0 spiro atoms. The highest BCUT2D eigenvalue weighted by molar-refractivity contribution is 7.89. The van der Waals surface area contributed by atoms with Crippen molar-refractivity contribution >= 4 is 21.8 Å². The molecule has 34 heavy (non-hydrogen) atoms. The van der Waals surface area contributed by atoms with Gasteiger partial charge in [0.25, 0.3) is 21.8 Å². The molecule has 0 atom stereocenters. The Morgan fingerprint density at radius 2 is 1.91 bits per heavy atom. The number of hydrogen-bond acceptors (Lipinski definition) is 6. The van der Waals surface area contributed by atoms with Crippen molar-refractivity contribution in [3.8, 4) is 29.4 Å². The molecule has 1 heterocycles. The van der Waals surface area contributed by atoms with E-state index in [0.29, 0.717) is 22.6 Å². The van der Waals surface area contributed by atoms with Crippen molar-refractivity contribution < 1.29 is 27.1 Å². The van der Waals surface area contributed by atoms with Gasteiger partial charge in [-0.3, -0.25) is 20.0 Å². The average Bonchev–Trinajstić information content (AvgIpc) is 2.85. The summed E-state index contributed by atoms with van der Waals surface area (Å²) in [6.07, 6.45) is 6.56. The topological polar surface area (TPSA) is 126 Å². The number of pyridine rings is 1. The molecule has 1 aromatic heterocycles. The van der Waals surface area contributed by atoms with Crippen LogP contribution in [-0.2, 0) is 21.4 Å². The predicted molar refractivity (Wildman–Crippen MR) is 121 cm³/mol. The number of benzene rings is 2. The van der Waals surface area contributed by atoms with Gasteiger partial charge in [-0.2, -0.15) is 0 Å². The van der Waals surface area contributed by atoms with Gasteiger partial charge in [-0.05, 0) is 53.9 Å². The van der Waals surface area contributed by atoms with Crippen molar-refractivity contribution in [1.29, 1.82) is 0 Å². The Labute approximate surface area is 195 Å². The van der Waals surface area contributed by atoms with E-state index in [2.05, 4.69) is 15.7 Å². The maximum atomic E-state index is 13.8. The molecule has 3 N–H and O–H groups in total. The first-order chi connectivity index (χ1) is 16.2. The summed E-state index contributed by atoms with van der Waals surface area (Å²) in [6.45, 7) is 0.174. The standard InChI is InChI=1S/C23H19FN4O5S/c1-3-22(29)26-14-15-8-9-25-20(10-15)16-11-17(13-18(12-16)33-2)23(30)27-28-34(31,32)21-7-5-4-6-19(21)24/h1,4-13,28H,14H2,2H3,(H,26,29)(H,27,30). The number of hydrazine groups is 1. The Morgan fingerprint density at radius 3 is 2.62 bits per heavy atom. The monoisotopic (exact) mass is 482 g/mol. The molecular formula is C23H19FN4O5S. The van der Waals surface area contributed by atoms with E-state index in [-0.39, 0.29) is 12.1 Å². The van der Waals surface area contributed by atoms with E-state index in [9.17, 15) is 22.4 Å². The first-order valence-corrected chi connectivity index (χ1v) is 11.2. The number of halogens is 1. The second kappa shape index (κ2) is 10.6. The van der Waals surface area contributed by atoms with Crippen LogP contribution in [-0.4, -0.2) is 32.3 Å². The minimum Gasteiger partial charge on any atom is -0.497 e. The number of hydrogen-bond donors (Lipinski definition) is 3. The van der Waals surface area contributed by atoms with E-state index in [1.165, 1.54) is 37.6 Å². The highest BCUT2D eigenvalue weighted by Gasteiger charge is 2.20. The molecule has 0 fully saturated rings. The lowest BCUT2D eigenvalue weighted by atomic mass is 10.0. The molecule has 3 aromatic rings. The predicted octanol–water partition coefficient (Wildman–Crippen LogP) is 1.77. The molecule has 2 aromatic carbocycles. The van der Waals surface area contributed by atoms with Crippen LogP contribution in [0.25, 0.3) is 11.3 Å². The van der Waals surface area contributed by atoms with E-state index in [1.54, 1.807) is 18.2 Å². The third kappa shape index (κ3) is 5.94. The van der Waals surface area contributed by atoms with E-state index in [1.807, 2.05) is 10.8 Å². The summed E-state index contributed by atoms with van der Waals surface area (Å²) in [4.78, 5) is 29.5. The molecule has 11 heteroatoms. The van der Waals surface area contributed by atoms with Gasteiger partial charge < -0.3 is 10.1 Å². The Kier molecular flexibility index (Phi) is 7.57. The highest BCUT2D eigenvalue weighted by Crippen LogP contribution is 2.25. The molecule has 0 radical (unpaired) electrons. The molecular weight excluding hydrogens is 463 g/mol. The maximum absolute atomic E-state index is 13.8. The zero-order valence-electron chi connectivity index (χ0n) is 17.8. The number of amides is 2. The van der Waals surface area contributed by atoms with Crippen LogP contribution in [0.15, 0.2) is 65.7 Å². The fourth-order valence-electron chi connectivity index (χ4n) is 2.87. The van der Waals surface area contributed by atoms with Crippen molar-refractivity contribution in [2.24, 2.45) is 0 Å². The Hall–Kier alpha value is -4.27. The van der Waals surface area contributed by atoms with E-state index >= 15 is 0 Å². The molecule has 0 aliphatic rings. The summed E-state index contributed by atoms with van der Waals surface area (Å²) >= 11 is 0. The van der Waals surface area contributed by atoms with Gasteiger partial charge >= 0.3 is 0 Å². The summed E-state index contributed by atoms with van der Waals surface area (Å²) < 4.78 is 43.7. The number of methoxy groups -OCH3 is 1. The summed E-state index contributed by atoms with van der Waals surface area (Å²) in [5, 5.41) is 2.54. The molecule has 9 nitrogen and oxygen atoms in total. The Morgan fingerprint density at radius 1 is 1.15 bits per heavy atom. The van der Waals surface area contributed by atoms with Crippen molar-refractivity contribution in [2.45, 2.75) is 11.4 Å². The van der Waals surface area contributed by atoms with Gasteiger partial charge in [0.1, 0.15) is 16.5 Å². The Balaban J connectivity index is 1.83. The minimum atomic E-state index is -4.34. The molecule has 0 aliphatic heterocycles. The highest BCUT2D eigenvalue weighted by atomic mass is 32.2. The number of carbonyl (C=O) groups excluding carboxylic acids is 2. The van der Waals surface area contributed by atoms with Crippen LogP contribution in [0.5, 0.6) is 5.75 Å². The third-order valence-electron chi connectivity index (χ3n) is 4.53. The van der Waals surface area contributed by atoms with Crippen LogP contribution in [0.1, 0.15) is 15.9 Å². The molecule has 0 aliphatic carbocycles. The van der Waals surface area contributed by atoms with Gasteiger partial charge in [0.05, 0.1) is 12.8 Å². The quantitative estimate of drug-likeness (QED) is 0.332. The largest absolute Gasteiger partial charge is 0.497 e. The van der Waals surface area contributed by atoms with Crippen molar-refractivity contribution in [3.05, 3.63) is 77.7 Å². The van der Waals surface area contributed by atoms with Crippen LogP contribution in [0.4, 0.5) is 4.39 Å². The van der Waals surface area contributed by atoms with E-state index in [0.717, 1.165) is 12.1 Å². The number of carbonyl (C=O) groups is 2. The number of sulfonamides is 1. The zero-order chi connectivity index (χ0) is 24.7. The second-order valence-corrected chi connectivity index (χ2v) is 8.47. The smallest absolute Gasteiger partial charge is 0.295 e. The number of nitrogens with one attached hydrogen (secondary N) is 3. The normalized spacial score (nSPS) is 10.7. The van der Waals surface area contributed by atoms with Crippen molar-refractivity contribution in [2.75, 3.05) is 7.11 Å². The van der Waals surface area contributed by atoms with Gasteiger partial charge in [0, 0.05) is 23.9 Å². The van der Waals surface area contributed by atoms with Crippen LogP contribution in [0, 0.1) is 18.2 Å². The van der Waals surface area contributed by atoms with Crippen LogP contribution in [0.3, 0.4) is 0 Å². The first-order valence-electron chi connectivity index (χ1n) is 9.69. The van der Waals surface area contributed by atoms with Gasteiger partial charge in [0.2, 0.25) is 0 Å². The lowest BCUT2D eigenvalue weighted by Gasteiger charge is -2.12. The van der Waals surface area contributed by atoms with E-state index in [4.69, 9.17) is 11.2 Å². The molecule has 0 bridgehead atoms. The number of nitrogens with zero attached hydrogens (tertiary/aromatic N) is 1. The summed E-state index contributed by atoms with van der Waals surface area (Å²) in [5.74, 6) is -0.0587. The van der Waals surface area contributed by atoms with E-state index < -0.39 is 32.6 Å². The summed E-state index contributed by atoms with van der Waals surface area (Å²) in [5.41, 5.74) is 3.78. The maximum Gasteiger partial charge on any atom is 0.295 e. The SMILES string of the molecule is C#CC(=O)NCc1ccnc(-c2cc(OC)cc(C(=O)NNS(=O)(=O)c3ccccc3F)c2)c1. The number of ether oxygens (including phenoxy) is 1. The fourth-order valence-corrected chi connectivity index (χ4v) is 3.79. The lowest BCUT2D eigenvalue weighted by molar-refractivity contribution is -0.115. The lowest BCUT2D eigenvalue weighted by Crippen LogP contribution is -2.41. The van der Waals surface area contributed by atoms with Crippen LogP contribution < -0.4 is 20.3 Å². The summed E-state index contributed by atoms with van der Waals surface area (Å²) in [7, 11) is -2.94. The molecule has 0 unspecified atom stereocenters. The third-order valence-corrected chi connectivity index (χ3v) is 5.81. The molecule has 3 rings (SSSR count). The van der Waals surface area contributed by atoms with Crippen LogP contribution >= 0.6 is 0 Å². The molecule has 0 saturated heterocycles. The minimum absolute atomic E-state index is 0.0541. The number of aromatic nitrogens is 1. The summed E-state index contributed by atoms with van der Waals surface area (Å²) in [6, 6.07) is 12.6. The Bertz CT molecular complexity index is 1390. The van der Waals surface area contributed by atoms with Crippen LogP contribution in [0.2, 0.25) is 0 Å². The van der Waals surface area contributed by atoms with Gasteiger partial charge in [0.15, 0.2) is 0 Å². The van der Waals surface area contributed by atoms with Gasteiger partial charge in [-0.1, -0.05) is 12.1 Å². The van der Waals surface area contributed by atoms with Crippen molar-refractivity contribution in [1.82, 2.24) is 20.6 Å².